The van der Waals surface area contributed by atoms with Gasteiger partial charge in [-0.3, -0.25) is 14.4 Å². The molecule has 2 unspecified atom stereocenters. The number of rotatable bonds is 7. The number of amides is 3. The van der Waals surface area contributed by atoms with Crippen molar-refractivity contribution in [3.8, 4) is 0 Å². The number of benzene rings is 2. The monoisotopic (exact) mass is 447 g/mol. The predicted octanol–water partition coefficient (Wildman–Crippen LogP) is 3.16. The van der Waals surface area contributed by atoms with Crippen molar-refractivity contribution in [1.82, 2.24) is 15.5 Å². The molecule has 1 saturated carbocycles. The summed E-state index contributed by atoms with van der Waals surface area (Å²) in [6.45, 7) is 4.98. The summed E-state index contributed by atoms with van der Waals surface area (Å²) >= 11 is 0. The van der Waals surface area contributed by atoms with Crippen LogP contribution in [0.15, 0.2) is 48.5 Å². The van der Waals surface area contributed by atoms with Crippen LogP contribution in [-0.2, 0) is 16.0 Å². The Labute approximate surface area is 195 Å². The van der Waals surface area contributed by atoms with Gasteiger partial charge in [-0.05, 0) is 57.2 Å². The molecule has 174 valence electrons. The third-order valence-electron chi connectivity index (χ3n) is 6.39. The summed E-state index contributed by atoms with van der Waals surface area (Å²) in [7, 11) is 0. The number of piperidine rings is 1. The van der Waals surface area contributed by atoms with Crippen LogP contribution in [0, 0.1) is 19.8 Å². The maximum absolute atomic E-state index is 13.2. The summed E-state index contributed by atoms with van der Waals surface area (Å²) in [5, 5.41) is 6.02. The van der Waals surface area contributed by atoms with E-state index in [9.17, 15) is 14.4 Å². The first kappa shape index (κ1) is 23.0. The Bertz CT molecular complexity index is 996. The number of hydrogen-bond acceptors (Lipinski definition) is 3. The summed E-state index contributed by atoms with van der Waals surface area (Å²) in [5.74, 6) is -0.638. The molecule has 2 fully saturated rings. The number of hydrogen-bond donors (Lipinski definition) is 2. The maximum Gasteiger partial charge on any atom is 0.253 e. The number of nitrogens with zero attached hydrogens (tertiary/aromatic N) is 1. The van der Waals surface area contributed by atoms with Crippen LogP contribution in [0.5, 0.6) is 0 Å². The van der Waals surface area contributed by atoms with Crippen molar-refractivity contribution in [2.75, 3.05) is 13.1 Å². The Morgan fingerprint density at radius 1 is 1.00 bits per heavy atom. The molecular weight excluding hydrogens is 414 g/mol. The van der Waals surface area contributed by atoms with E-state index in [1.165, 1.54) is 0 Å². The van der Waals surface area contributed by atoms with E-state index in [1.807, 2.05) is 62.4 Å². The molecule has 6 heteroatoms. The van der Waals surface area contributed by atoms with Gasteiger partial charge in [0.1, 0.15) is 6.04 Å². The number of carbonyl (C=O) groups excluding carboxylic acids is 3. The van der Waals surface area contributed by atoms with Crippen LogP contribution in [0.4, 0.5) is 0 Å². The summed E-state index contributed by atoms with van der Waals surface area (Å²) in [6.07, 6.45) is 3.92. The van der Waals surface area contributed by atoms with E-state index in [0.29, 0.717) is 31.5 Å². The van der Waals surface area contributed by atoms with Gasteiger partial charge in [-0.2, -0.15) is 0 Å². The largest absolute Gasteiger partial charge is 0.352 e. The van der Waals surface area contributed by atoms with Crippen LogP contribution >= 0.6 is 0 Å². The van der Waals surface area contributed by atoms with Gasteiger partial charge < -0.3 is 15.5 Å². The highest BCUT2D eigenvalue weighted by Gasteiger charge is 2.33. The molecule has 6 nitrogen and oxygen atoms in total. The Kier molecular flexibility index (Phi) is 7.11. The maximum atomic E-state index is 13.2. The molecule has 1 aliphatic carbocycles. The normalized spacial score (nSPS) is 19.0. The third kappa shape index (κ3) is 6.21. The average Bonchev–Trinajstić information content (AvgIpc) is 3.62. The average molecular weight is 448 g/mol. The van der Waals surface area contributed by atoms with Crippen molar-refractivity contribution in [1.29, 1.82) is 0 Å². The standard InChI is InChI=1S/C27H33N3O3/c1-18-13-19(2)15-22(14-18)27(33)30-12-6-9-21(17-30)25(31)29-24(26(32)28-23-10-11-23)16-20-7-4-3-5-8-20/h3-5,7-8,13-15,21,23-24H,6,9-12,16-17H2,1-2H3,(H,28,32)(H,29,31). The molecule has 2 aromatic rings. The summed E-state index contributed by atoms with van der Waals surface area (Å²) in [4.78, 5) is 40.9. The van der Waals surface area contributed by atoms with Gasteiger partial charge in [-0.25, -0.2) is 0 Å². The minimum Gasteiger partial charge on any atom is -0.352 e. The smallest absolute Gasteiger partial charge is 0.253 e. The number of likely N-dealkylation sites (tertiary alicyclic amines) is 1. The first-order valence-electron chi connectivity index (χ1n) is 11.9. The molecule has 1 saturated heterocycles. The molecule has 33 heavy (non-hydrogen) atoms. The van der Waals surface area contributed by atoms with Gasteiger partial charge in [-0.15, -0.1) is 0 Å². The van der Waals surface area contributed by atoms with Gasteiger partial charge in [0.2, 0.25) is 11.8 Å². The number of carbonyl (C=O) groups is 3. The van der Waals surface area contributed by atoms with Gasteiger partial charge >= 0.3 is 0 Å². The van der Waals surface area contributed by atoms with Gasteiger partial charge in [0.15, 0.2) is 0 Å². The number of aryl methyl sites for hydroxylation is 2. The first-order valence-corrected chi connectivity index (χ1v) is 11.9. The minimum atomic E-state index is -0.619. The Balaban J connectivity index is 1.42. The lowest BCUT2D eigenvalue weighted by molar-refractivity contribution is -0.132. The molecule has 0 aromatic heterocycles. The second-order valence-electron chi connectivity index (χ2n) is 9.50. The van der Waals surface area contributed by atoms with E-state index >= 15 is 0 Å². The quantitative estimate of drug-likeness (QED) is 0.684. The lowest BCUT2D eigenvalue weighted by Crippen LogP contribution is -2.52. The summed E-state index contributed by atoms with van der Waals surface area (Å²) < 4.78 is 0. The van der Waals surface area contributed by atoms with E-state index in [1.54, 1.807) is 4.90 Å². The number of nitrogens with one attached hydrogen (secondary N) is 2. The van der Waals surface area contributed by atoms with Crippen LogP contribution in [-0.4, -0.2) is 47.8 Å². The second-order valence-corrected chi connectivity index (χ2v) is 9.50. The van der Waals surface area contributed by atoms with Gasteiger partial charge in [0.25, 0.3) is 5.91 Å². The lowest BCUT2D eigenvalue weighted by Gasteiger charge is -2.33. The fourth-order valence-corrected chi connectivity index (χ4v) is 4.53. The van der Waals surface area contributed by atoms with E-state index in [2.05, 4.69) is 10.6 Å². The van der Waals surface area contributed by atoms with E-state index in [4.69, 9.17) is 0 Å². The molecule has 2 atom stereocenters. The molecule has 4 rings (SSSR count). The summed E-state index contributed by atoms with van der Waals surface area (Å²) in [5.41, 5.74) is 3.77. The predicted molar refractivity (Wildman–Crippen MR) is 128 cm³/mol. The molecule has 2 N–H and O–H groups in total. The Morgan fingerprint density at radius 2 is 1.70 bits per heavy atom. The molecule has 0 bridgehead atoms. The SMILES string of the molecule is Cc1cc(C)cc(C(=O)N2CCCC(C(=O)NC(Cc3ccccc3)C(=O)NC3CC3)C2)c1. The van der Waals surface area contributed by atoms with Gasteiger partial charge in [0.05, 0.1) is 5.92 Å². The van der Waals surface area contributed by atoms with Crippen LogP contribution in [0.1, 0.15) is 52.7 Å². The topological polar surface area (TPSA) is 78.5 Å². The molecule has 2 aromatic carbocycles. The second kappa shape index (κ2) is 10.2. The fraction of sp³-hybridized carbons (Fsp3) is 0.444. The minimum absolute atomic E-state index is 0.0355. The van der Waals surface area contributed by atoms with E-state index in [-0.39, 0.29) is 29.7 Å². The molecule has 2 aliphatic rings. The van der Waals surface area contributed by atoms with Gasteiger partial charge in [-0.1, -0.05) is 47.5 Å². The van der Waals surface area contributed by atoms with Crippen molar-refractivity contribution in [2.45, 2.75) is 58.0 Å². The Morgan fingerprint density at radius 3 is 2.36 bits per heavy atom. The highest BCUT2D eigenvalue weighted by atomic mass is 16.2. The fourth-order valence-electron chi connectivity index (χ4n) is 4.53. The zero-order chi connectivity index (χ0) is 23.4. The van der Waals surface area contributed by atoms with Crippen LogP contribution < -0.4 is 10.6 Å². The highest BCUT2D eigenvalue weighted by molar-refractivity contribution is 5.95. The third-order valence-corrected chi connectivity index (χ3v) is 6.39. The first-order chi connectivity index (χ1) is 15.9. The van der Waals surface area contributed by atoms with E-state index in [0.717, 1.165) is 36.0 Å². The molecular formula is C27H33N3O3. The molecule has 1 heterocycles. The molecule has 3 amide bonds. The van der Waals surface area contributed by atoms with Crippen molar-refractivity contribution < 1.29 is 14.4 Å². The zero-order valence-electron chi connectivity index (χ0n) is 19.5. The van der Waals surface area contributed by atoms with Gasteiger partial charge in [0, 0.05) is 31.1 Å². The molecule has 0 spiro atoms. The highest BCUT2D eigenvalue weighted by Crippen LogP contribution is 2.21. The van der Waals surface area contributed by atoms with Crippen LogP contribution in [0.3, 0.4) is 0 Å². The zero-order valence-corrected chi connectivity index (χ0v) is 19.5. The van der Waals surface area contributed by atoms with E-state index < -0.39 is 6.04 Å². The van der Waals surface area contributed by atoms with Crippen LogP contribution in [0.2, 0.25) is 0 Å². The van der Waals surface area contributed by atoms with Crippen molar-refractivity contribution in [3.63, 3.8) is 0 Å². The van der Waals surface area contributed by atoms with Crippen molar-refractivity contribution in [2.24, 2.45) is 5.92 Å². The van der Waals surface area contributed by atoms with Crippen LogP contribution in [0.25, 0.3) is 0 Å². The molecule has 0 radical (unpaired) electrons. The Hall–Kier alpha value is -3.15. The summed E-state index contributed by atoms with van der Waals surface area (Å²) in [6, 6.07) is 15.2. The van der Waals surface area contributed by atoms with Crippen molar-refractivity contribution in [3.05, 3.63) is 70.8 Å². The lowest BCUT2D eigenvalue weighted by atomic mass is 9.95. The molecule has 1 aliphatic heterocycles. The van der Waals surface area contributed by atoms with Crippen molar-refractivity contribution >= 4 is 17.7 Å².